The van der Waals surface area contributed by atoms with E-state index in [4.69, 9.17) is 4.74 Å². The molecule has 1 saturated heterocycles. The van der Waals surface area contributed by atoms with Gasteiger partial charge in [-0.25, -0.2) is 0 Å². The zero-order valence-corrected chi connectivity index (χ0v) is 15.8. The smallest absolute Gasteiger partial charge is 0.272 e. The standard InChI is InChI=1S/C22H25N3O3/c26-21(24-18-8-9-18)17-6-10-19(11-7-17)28-15-16-4-3-13-25(14-16)22(27)20-5-1-2-12-23-20/h1-2,5-7,10-12,16,18H,3-4,8-9,13-15H2,(H,24,26)/t16-/m1/s1. The molecule has 2 aliphatic rings. The van der Waals surface area contributed by atoms with Gasteiger partial charge in [0, 0.05) is 36.8 Å². The molecule has 28 heavy (non-hydrogen) atoms. The van der Waals surface area contributed by atoms with E-state index in [1.165, 1.54) is 0 Å². The van der Waals surface area contributed by atoms with Gasteiger partial charge in [0.1, 0.15) is 11.4 Å². The summed E-state index contributed by atoms with van der Waals surface area (Å²) in [5, 5.41) is 2.98. The normalized spacial score (nSPS) is 19.1. The van der Waals surface area contributed by atoms with E-state index >= 15 is 0 Å². The molecule has 1 atom stereocenters. The highest BCUT2D eigenvalue weighted by molar-refractivity contribution is 5.94. The lowest BCUT2D eigenvalue weighted by molar-refractivity contribution is 0.0627. The number of piperidine rings is 1. The molecule has 1 aliphatic carbocycles. The molecule has 1 N–H and O–H groups in total. The summed E-state index contributed by atoms with van der Waals surface area (Å²) in [5.41, 5.74) is 1.15. The van der Waals surface area contributed by atoms with Crippen molar-refractivity contribution in [2.75, 3.05) is 19.7 Å². The summed E-state index contributed by atoms with van der Waals surface area (Å²) in [5.74, 6) is 0.997. The fourth-order valence-corrected chi connectivity index (χ4v) is 3.45. The van der Waals surface area contributed by atoms with E-state index in [1.807, 2.05) is 29.2 Å². The van der Waals surface area contributed by atoms with Crippen LogP contribution in [0.4, 0.5) is 0 Å². The first-order valence-electron chi connectivity index (χ1n) is 9.93. The number of hydrogen-bond acceptors (Lipinski definition) is 4. The average molecular weight is 379 g/mol. The van der Waals surface area contributed by atoms with Crippen LogP contribution in [-0.2, 0) is 0 Å². The second-order valence-electron chi connectivity index (χ2n) is 7.56. The maximum Gasteiger partial charge on any atom is 0.272 e. The molecule has 0 spiro atoms. The van der Waals surface area contributed by atoms with Crippen LogP contribution in [0.3, 0.4) is 0 Å². The molecule has 1 aromatic carbocycles. The topological polar surface area (TPSA) is 71.5 Å². The Kier molecular flexibility index (Phi) is 5.55. The zero-order valence-electron chi connectivity index (χ0n) is 15.8. The SMILES string of the molecule is O=C(NC1CC1)c1ccc(OC[C@@H]2CCCN(C(=O)c3ccccn3)C2)cc1. The van der Waals surface area contributed by atoms with Gasteiger partial charge in [0.2, 0.25) is 0 Å². The molecule has 0 bridgehead atoms. The van der Waals surface area contributed by atoms with Crippen LogP contribution in [0.25, 0.3) is 0 Å². The quantitative estimate of drug-likeness (QED) is 0.838. The largest absolute Gasteiger partial charge is 0.493 e. The van der Waals surface area contributed by atoms with Crippen LogP contribution in [0.15, 0.2) is 48.7 Å². The summed E-state index contributed by atoms with van der Waals surface area (Å²) in [4.78, 5) is 30.6. The highest BCUT2D eigenvalue weighted by atomic mass is 16.5. The molecule has 2 amide bonds. The van der Waals surface area contributed by atoms with E-state index in [2.05, 4.69) is 10.3 Å². The van der Waals surface area contributed by atoms with Crippen LogP contribution < -0.4 is 10.1 Å². The molecular weight excluding hydrogens is 354 g/mol. The van der Waals surface area contributed by atoms with Gasteiger partial charge >= 0.3 is 0 Å². The Bertz CT molecular complexity index is 819. The molecule has 1 aliphatic heterocycles. The second-order valence-corrected chi connectivity index (χ2v) is 7.56. The van der Waals surface area contributed by atoms with Gasteiger partial charge < -0.3 is 15.0 Å². The third kappa shape index (κ3) is 4.68. The minimum Gasteiger partial charge on any atom is -0.493 e. The predicted molar refractivity (Wildman–Crippen MR) is 105 cm³/mol. The van der Waals surface area contributed by atoms with Crippen LogP contribution in [0.2, 0.25) is 0 Å². The lowest BCUT2D eigenvalue weighted by Crippen LogP contribution is -2.41. The predicted octanol–water partition coefficient (Wildman–Crippen LogP) is 2.91. The third-order valence-electron chi connectivity index (χ3n) is 5.20. The van der Waals surface area contributed by atoms with Crippen molar-refractivity contribution >= 4 is 11.8 Å². The van der Waals surface area contributed by atoms with Crippen molar-refractivity contribution in [3.63, 3.8) is 0 Å². The minimum absolute atomic E-state index is 0.0173. The van der Waals surface area contributed by atoms with Crippen molar-refractivity contribution in [1.82, 2.24) is 15.2 Å². The van der Waals surface area contributed by atoms with Gasteiger partial charge in [-0.2, -0.15) is 0 Å². The van der Waals surface area contributed by atoms with Gasteiger partial charge in [0.15, 0.2) is 0 Å². The molecular formula is C22H25N3O3. The van der Waals surface area contributed by atoms with Crippen molar-refractivity contribution < 1.29 is 14.3 Å². The van der Waals surface area contributed by atoms with Gasteiger partial charge in [-0.1, -0.05) is 6.07 Å². The Balaban J connectivity index is 1.28. The van der Waals surface area contributed by atoms with Gasteiger partial charge in [-0.15, -0.1) is 0 Å². The number of carbonyl (C=O) groups is 2. The van der Waals surface area contributed by atoms with Gasteiger partial charge in [-0.3, -0.25) is 14.6 Å². The molecule has 6 heteroatoms. The van der Waals surface area contributed by atoms with E-state index in [1.54, 1.807) is 24.4 Å². The highest BCUT2D eigenvalue weighted by Gasteiger charge is 2.26. The van der Waals surface area contributed by atoms with E-state index in [0.29, 0.717) is 36.4 Å². The molecule has 2 aromatic rings. The monoisotopic (exact) mass is 379 g/mol. The maximum absolute atomic E-state index is 12.6. The summed E-state index contributed by atoms with van der Waals surface area (Å²) in [6.07, 6.45) is 5.80. The highest BCUT2D eigenvalue weighted by Crippen LogP contribution is 2.22. The van der Waals surface area contributed by atoms with Crippen LogP contribution >= 0.6 is 0 Å². The van der Waals surface area contributed by atoms with Crippen LogP contribution in [-0.4, -0.2) is 47.4 Å². The summed E-state index contributed by atoms with van der Waals surface area (Å²) in [6, 6.07) is 13.0. The van der Waals surface area contributed by atoms with E-state index in [-0.39, 0.29) is 11.8 Å². The summed E-state index contributed by atoms with van der Waals surface area (Å²) in [7, 11) is 0. The molecule has 146 valence electrons. The molecule has 1 aromatic heterocycles. The number of pyridine rings is 1. The Labute approximate surface area is 164 Å². The molecule has 4 rings (SSSR count). The Morgan fingerprint density at radius 3 is 2.64 bits per heavy atom. The molecule has 6 nitrogen and oxygen atoms in total. The van der Waals surface area contributed by atoms with Crippen LogP contribution in [0, 0.1) is 5.92 Å². The van der Waals surface area contributed by atoms with Crippen molar-refractivity contribution in [3.05, 3.63) is 59.9 Å². The number of nitrogens with zero attached hydrogens (tertiary/aromatic N) is 2. The first-order chi connectivity index (χ1) is 13.7. The number of carbonyl (C=O) groups excluding carboxylic acids is 2. The van der Waals surface area contributed by atoms with Crippen LogP contribution in [0.5, 0.6) is 5.75 Å². The minimum atomic E-state index is -0.0231. The Hall–Kier alpha value is -2.89. The van der Waals surface area contributed by atoms with E-state index in [0.717, 1.165) is 38.0 Å². The number of rotatable bonds is 6. The molecule has 1 saturated carbocycles. The first-order valence-corrected chi connectivity index (χ1v) is 9.93. The number of aromatic nitrogens is 1. The van der Waals surface area contributed by atoms with Crippen molar-refractivity contribution in [2.45, 2.75) is 31.7 Å². The summed E-state index contributed by atoms with van der Waals surface area (Å²) >= 11 is 0. The summed E-state index contributed by atoms with van der Waals surface area (Å²) in [6.45, 7) is 1.99. The fourth-order valence-electron chi connectivity index (χ4n) is 3.45. The first kappa shape index (κ1) is 18.5. The fraction of sp³-hybridized carbons (Fsp3) is 0.409. The number of hydrogen-bond donors (Lipinski definition) is 1. The molecule has 0 unspecified atom stereocenters. The number of likely N-dealkylation sites (tertiary alicyclic amines) is 1. The second kappa shape index (κ2) is 8.42. The lowest BCUT2D eigenvalue weighted by atomic mass is 9.98. The van der Waals surface area contributed by atoms with Crippen LogP contribution in [0.1, 0.15) is 46.5 Å². The number of benzene rings is 1. The Morgan fingerprint density at radius 1 is 1.11 bits per heavy atom. The molecule has 2 heterocycles. The van der Waals surface area contributed by atoms with Gasteiger partial charge in [-0.05, 0) is 62.1 Å². The average Bonchev–Trinajstić information content (AvgIpc) is 3.57. The van der Waals surface area contributed by atoms with E-state index in [9.17, 15) is 9.59 Å². The summed E-state index contributed by atoms with van der Waals surface area (Å²) < 4.78 is 5.92. The Morgan fingerprint density at radius 2 is 1.93 bits per heavy atom. The molecule has 0 radical (unpaired) electrons. The third-order valence-corrected chi connectivity index (χ3v) is 5.20. The number of nitrogens with one attached hydrogen (secondary N) is 1. The lowest BCUT2D eigenvalue weighted by Gasteiger charge is -2.32. The van der Waals surface area contributed by atoms with Gasteiger partial charge in [0.05, 0.1) is 6.61 Å². The number of ether oxygens (including phenoxy) is 1. The zero-order chi connectivity index (χ0) is 19.3. The van der Waals surface area contributed by atoms with Gasteiger partial charge in [0.25, 0.3) is 11.8 Å². The van der Waals surface area contributed by atoms with Crippen molar-refractivity contribution in [1.29, 1.82) is 0 Å². The van der Waals surface area contributed by atoms with Crippen molar-refractivity contribution in [2.24, 2.45) is 5.92 Å². The maximum atomic E-state index is 12.6. The van der Waals surface area contributed by atoms with E-state index < -0.39 is 0 Å². The number of amides is 2. The van der Waals surface area contributed by atoms with Crippen molar-refractivity contribution in [3.8, 4) is 5.75 Å². The molecule has 2 fully saturated rings.